The molecule has 0 aliphatic rings. The Morgan fingerprint density at radius 2 is 2.18 bits per heavy atom. The monoisotopic (exact) mass is 243 g/mol. The Bertz CT molecular complexity index is 606. The molecule has 0 atom stereocenters. The van der Waals surface area contributed by atoms with Crippen LogP contribution in [0.5, 0.6) is 0 Å². The topological polar surface area (TPSA) is 30.2 Å². The van der Waals surface area contributed by atoms with Gasteiger partial charge in [-0.2, -0.15) is 0 Å². The number of hydrogen-bond donors (Lipinski definition) is 0. The lowest BCUT2D eigenvalue weighted by atomic mass is 10.3. The van der Waals surface area contributed by atoms with Crippen LogP contribution in [0.25, 0.3) is 5.65 Å². The molecule has 0 radical (unpaired) electrons. The maximum atomic E-state index is 4.57. The van der Waals surface area contributed by atoms with Gasteiger partial charge in [-0.25, -0.2) is 9.97 Å². The van der Waals surface area contributed by atoms with Crippen LogP contribution in [0.1, 0.15) is 23.3 Å². The molecule has 0 amide bonds. The second kappa shape index (κ2) is 4.30. The van der Waals surface area contributed by atoms with Crippen LogP contribution < -0.4 is 0 Å². The van der Waals surface area contributed by atoms with E-state index in [0.717, 1.165) is 29.2 Å². The predicted octanol–water partition coefficient (Wildman–Crippen LogP) is 2.94. The fourth-order valence-electron chi connectivity index (χ4n) is 1.82. The maximum absolute atomic E-state index is 4.57. The highest BCUT2D eigenvalue weighted by atomic mass is 32.1. The average Bonchev–Trinajstić information content (AvgIpc) is 2.94. The van der Waals surface area contributed by atoms with Gasteiger partial charge in [0.2, 0.25) is 0 Å². The zero-order valence-electron chi connectivity index (χ0n) is 9.63. The Labute approximate surface area is 104 Å². The molecule has 0 unspecified atom stereocenters. The first-order chi connectivity index (χ1) is 8.35. The minimum absolute atomic E-state index is 0.826. The maximum Gasteiger partial charge on any atom is 0.136 e. The summed E-state index contributed by atoms with van der Waals surface area (Å²) in [6.45, 7) is 2.13. The normalized spacial score (nSPS) is 11.1. The predicted molar refractivity (Wildman–Crippen MR) is 69.5 cm³/mol. The summed E-state index contributed by atoms with van der Waals surface area (Å²) in [5.74, 6) is 0. The fraction of sp³-hybridized carbons (Fsp3) is 0.231. The third-order valence-electron chi connectivity index (χ3n) is 2.71. The molecule has 0 aliphatic carbocycles. The molecule has 3 aromatic rings. The second-order valence-corrected chi connectivity index (χ2v) is 4.90. The number of aromatic nitrogens is 3. The lowest BCUT2D eigenvalue weighted by Crippen LogP contribution is -1.88. The number of aryl methyl sites for hydroxylation is 1. The number of fused-ring (bicyclic) bond motifs is 1. The summed E-state index contributed by atoms with van der Waals surface area (Å²) >= 11 is 1.72. The summed E-state index contributed by atoms with van der Waals surface area (Å²) < 4.78 is 2.05. The van der Waals surface area contributed by atoms with Crippen LogP contribution in [-0.2, 0) is 12.8 Å². The summed E-state index contributed by atoms with van der Waals surface area (Å²) in [5.41, 5.74) is 3.25. The van der Waals surface area contributed by atoms with Crippen molar-refractivity contribution in [2.24, 2.45) is 0 Å². The quantitative estimate of drug-likeness (QED) is 0.708. The summed E-state index contributed by atoms with van der Waals surface area (Å²) in [5, 5.41) is 3.27. The largest absolute Gasteiger partial charge is 0.307 e. The third kappa shape index (κ3) is 2.08. The molecule has 0 saturated carbocycles. The van der Waals surface area contributed by atoms with E-state index in [1.54, 1.807) is 11.3 Å². The minimum Gasteiger partial charge on any atom is -0.307 e. The van der Waals surface area contributed by atoms with Crippen molar-refractivity contribution in [1.82, 2.24) is 14.4 Å². The lowest BCUT2D eigenvalue weighted by molar-refractivity contribution is 1.00. The van der Waals surface area contributed by atoms with E-state index < -0.39 is 0 Å². The van der Waals surface area contributed by atoms with Crippen LogP contribution in [0.15, 0.2) is 36.0 Å². The van der Waals surface area contributed by atoms with Crippen LogP contribution in [-0.4, -0.2) is 14.4 Å². The molecule has 4 heteroatoms. The van der Waals surface area contributed by atoms with E-state index in [1.165, 1.54) is 5.69 Å². The highest BCUT2D eigenvalue weighted by molar-refractivity contribution is 7.09. The number of thiazole rings is 1. The van der Waals surface area contributed by atoms with Gasteiger partial charge >= 0.3 is 0 Å². The van der Waals surface area contributed by atoms with Crippen LogP contribution in [0.2, 0.25) is 0 Å². The first-order valence-electron chi connectivity index (χ1n) is 5.71. The van der Waals surface area contributed by atoms with Gasteiger partial charge in [-0.15, -0.1) is 11.3 Å². The molecular formula is C13H13N3S. The number of imidazole rings is 1. The zero-order valence-corrected chi connectivity index (χ0v) is 10.4. The first-order valence-corrected chi connectivity index (χ1v) is 6.59. The fourth-order valence-corrected chi connectivity index (χ4v) is 2.71. The van der Waals surface area contributed by atoms with Crippen molar-refractivity contribution in [2.75, 3.05) is 0 Å². The van der Waals surface area contributed by atoms with Crippen molar-refractivity contribution >= 4 is 17.0 Å². The van der Waals surface area contributed by atoms with E-state index in [4.69, 9.17) is 0 Å². The van der Waals surface area contributed by atoms with Crippen LogP contribution >= 0.6 is 11.3 Å². The summed E-state index contributed by atoms with van der Waals surface area (Å²) in [6, 6.07) is 6.03. The minimum atomic E-state index is 0.826. The van der Waals surface area contributed by atoms with Crippen molar-refractivity contribution in [3.63, 3.8) is 0 Å². The van der Waals surface area contributed by atoms with Gasteiger partial charge in [-0.05, 0) is 18.6 Å². The smallest absolute Gasteiger partial charge is 0.136 e. The van der Waals surface area contributed by atoms with Crippen molar-refractivity contribution < 1.29 is 0 Å². The molecule has 3 nitrogen and oxygen atoms in total. The Morgan fingerprint density at radius 3 is 2.94 bits per heavy atom. The molecule has 86 valence electrons. The van der Waals surface area contributed by atoms with Crippen molar-refractivity contribution in [2.45, 2.75) is 19.8 Å². The van der Waals surface area contributed by atoms with Gasteiger partial charge in [0.05, 0.1) is 16.4 Å². The van der Waals surface area contributed by atoms with E-state index in [0.29, 0.717) is 0 Å². The molecule has 3 heterocycles. The lowest BCUT2D eigenvalue weighted by Gasteiger charge is -1.89. The highest BCUT2D eigenvalue weighted by Crippen LogP contribution is 2.15. The Balaban J connectivity index is 1.89. The van der Waals surface area contributed by atoms with Gasteiger partial charge in [0.15, 0.2) is 0 Å². The molecular weight excluding hydrogens is 230 g/mol. The number of pyridine rings is 1. The Morgan fingerprint density at radius 1 is 1.24 bits per heavy atom. The average molecular weight is 243 g/mol. The van der Waals surface area contributed by atoms with Gasteiger partial charge < -0.3 is 4.40 Å². The summed E-state index contributed by atoms with van der Waals surface area (Å²) in [6.07, 6.45) is 5.92. The van der Waals surface area contributed by atoms with Crippen molar-refractivity contribution in [3.05, 3.63) is 52.4 Å². The van der Waals surface area contributed by atoms with Gasteiger partial charge in [0.25, 0.3) is 0 Å². The van der Waals surface area contributed by atoms with Gasteiger partial charge in [0.1, 0.15) is 5.65 Å². The Hall–Kier alpha value is -1.68. The van der Waals surface area contributed by atoms with Crippen LogP contribution in [0, 0.1) is 0 Å². The van der Waals surface area contributed by atoms with Crippen molar-refractivity contribution in [3.8, 4) is 0 Å². The summed E-state index contributed by atoms with van der Waals surface area (Å²) in [4.78, 5) is 9.14. The molecule has 0 aliphatic heterocycles. The third-order valence-corrected chi connectivity index (χ3v) is 3.61. The van der Waals surface area contributed by atoms with E-state index in [9.17, 15) is 0 Å². The highest BCUT2D eigenvalue weighted by Gasteiger charge is 2.05. The van der Waals surface area contributed by atoms with Gasteiger partial charge in [-0.3, -0.25) is 0 Å². The molecule has 3 aromatic heterocycles. The molecule has 0 fully saturated rings. The first kappa shape index (κ1) is 10.5. The molecule has 17 heavy (non-hydrogen) atoms. The van der Waals surface area contributed by atoms with E-state index >= 15 is 0 Å². The van der Waals surface area contributed by atoms with E-state index in [2.05, 4.69) is 28.5 Å². The van der Waals surface area contributed by atoms with Gasteiger partial charge in [-0.1, -0.05) is 13.0 Å². The number of nitrogens with zero attached hydrogens (tertiary/aromatic N) is 3. The molecule has 3 rings (SSSR count). The standard InChI is InChI=1S/C13H13N3S/c1-2-10-9-17-13(15-10)7-11-8-16-6-4-3-5-12(16)14-11/h3-6,8-9H,2,7H2,1H3. The van der Waals surface area contributed by atoms with E-state index in [1.807, 2.05) is 28.8 Å². The van der Waals surface area contributed by atoms with Crippen LogP contribution in [0.3, 0.4) is 0 Å². The number of hydrogen-bond acceptors (Lipinski definition) is 3. The van der Waals surface area contributed by atoms with Crippen LogP contribution in [0.4, 0.5) is 0 Å². The Kier molecular flexibility index (Phi) is 2.65. The van der Waals surface area contributed by atoms with E-state index in [-0.39, 0.29) is 0 Å². The van der Waals surface area contributed by atoms with Gasteiger partial charge in [0, 0.05) is 24.2 Å². The molecule has 0 aromatic carbocycles. The molecule has 0 spiro atoms. The molecule has 0 saturated heterocycles. The summed E-state index contributed by atoms with van der Waals surface area (Å²) in [7, 11) is 0. The molecule has 0 N–H and O–H groups in total. The molecule has 0 bridgehead atoms. The second-order valence-electron chi connectivity index (χ2n) is 3.96. The van der Waals surface area contributed by atoms with Crippen molar-refractivity contribution in [1.29, 1.82) is 0 Å². The SMILES string of the molecule is CCc1csc(Cc2cn3ccccc3n2)n1. The zero-order chi connectivity index (χ0) is 11.7. The number of rotatable bonds is 3.